The van der Waals surface area contributed by atoms with Crippen LogP contribution >= 0.6 is 11.6 Å². The highest BCUT2D eigenvalue weighted by Crippen LogP contribution is 2.20. The summed E-state index contributed by atoms with van der Waals surface area (Å²) in [5.74, 6) is -0.774. The maximum atomic E-state index is 13.6. The van der Waals surface area contributed by atoms with Crippen LogP contribution in [0.25, 0.3) is 0 Å². The molecule has 100 valence electrons. The molecule has 1 heterocycles. The molecule has 1 saturated heterocycles. The van der Waals surface area contributed by atoms with E-state index in [1.165, 1.54) is 17.0 Å². The summed E-state index contributed by atoms with van der Waals surface area (Å²) in [6.45, 7) is 1.52. The molecule has 1 fully saturated rings. The summed E-state index contributed by atoms with van der Waals surface area (Å²) in [6.07, 6.45) is -0.121. The van der Waals surface area contributed by atoms with Crippen molar-refractivity contribution in [1.29, 1.82) is 5.26 Å². The Labute approximate surface area is 115 Å². The molecule has 1 aliphatic rings. The van der Waals surface area contributed by atoms with Crippen molar-refractivity contribution in [3.8, 4) is 6.07 Å². The molecule has 1 atom stereocenters. The molecule has 0 aromatic heterocycles. The van der Waals surface area contributed by atoms with Gasteiger partial charge in [0.05, 0.1) is 12.5 Å². The van der Waals surface area contributed by atoms with E-state index in [0.717, 1.165) is 0 Å². The molecule has 4 nitrogen and oxygen atoms in total. The van der Waals surface area contributed by atoms with Crippen molar-refractivity contribution in [1.82, 2.24) is 10.2 Å². The molecule has 6 heteroatoms. The van der Waals surface area contributed by atoms with Crippen LogP contribution in [0.5, 0.6) is 0 Å². The molecule has 1 unspecified atom stereocenters. The second-order valence-electron chi connectivity index (χ2n) is 4.31. The third-order valence-corrected chi connectivity index (χ3v) is 3.46. The smallest absolute Gasteiger partial charge is 0.228 e. The zero-order valence-electron chi connectivity index (χ0n) is 10.2. The fourth-order valence-corrected chi connectivity index (χ4v) is 2.30. The molecule has 2 rings (SSSR count). The van der Waals surface area contributed by atoms with Crippen LogP contribution in [0.3, 0.4) is 0 Å². The van der Waals surface area contributed by atoms with E-state index in [2.05, 4.69) is 11.4 Å². The van der Waals surface area contributed by atoms with Crippen LogP contribution in [0.2, 0.25) is 5.02 Å². The van der Waals surface area contributed by atoms with Gasteiger partial charge in [0.1, 0.15) is 11.9 Å². The van der Waals surface area contributed by atoms with Gasteiger partial charge in [0, 0.05) is 30.2 Å². The summed E-state index contributed by atoms with van der Waals surface area (Å²) in [5, 5.41) is 12.3. The average molecular weight is 282 g/mol. The van der Waals surface area contributed by atoms with E-state index in [1.54, 1.807) is 6.07 Å². The number of nitriles is 1. The number of nitrogens with one attached hydrogen (secondary N) is 1. The van der Waals surface area contributed by atoms with E-state index >= 15 is 0 Å². The Bertz CT molecular complexity index is 509. The van der Waals surface area contributed by atoms with Crippen LogP contribution < -0.4 is 5.32 Å². The molecule has 1 aliphatic heterocycles. The Kier molecular flexibility index (Phi) is 4.35. The Morgan fingerprint density at radius 2 is 2.42 bits per heavy atom. The van der Waals surface area contributed by atoms with Gasteiger partial charge in [-0.15, -0.1) is 0 Å². The first kappa shape index (κ1) is 13.8. The molecule has 0 bridgehead atoms. The van der Waals surface area contributed by atoms with E-state index < -0.39 is 11.9 Å². The van der Waals surface area contributed by atoms with Crippen molar-refractivity contribution in [2.45, 2.75) is 12.5 Å². The predicted molar refractivity (Wildman–Crippen MR) is 69.1 cm³/mol. The first-order valence-electron chi connectivity index (χ1n) is 5.96. The molecule has 0 saturated carbocycles. The third kappa shape index (κ3) is 3.03. The summed E-state index contributed by atoms with van der Waals surface area (Å²) >= 11 is 5.89. The van der Waals surface area contributed by atoms with Crippen molar-refractivity contribution in [3.05, 3.63) is 34.6 Å². The predicted octanol–water partition coefficient (Wildman–Crippen LogP) is 1.35. The van der Waals surface area contributed by atoms with E-state index in [1.807, 2.05) is 0 Å². The minimum atomic E-state index is -0.508. The molecule has 1 aromatic rings. The highest BCUT2D eigenvalue weighted by molar-refractivity contribution is 6.31. The van der Waals surface area contributed by atoms with Crippen LogP contribution in [-0.4, -0.2) is 36.5 Å². The van der Waals surface area contributed by atoms with Crippen molar-refractivity contribution >= 4 is 17.5 Å². The van der Waals surface area contributed by atoms with Gasteiger partial charge in [0.25, 0.3) is 0 Å². The fraction of sp³-hybridized carbons (Fsp3) is 0.385. The maximum absolute atomic E-state index is 13.6. The molecular weight excluding hydrogens is 269 g/mol. The lowest BCUT2D eigenvalue weighted by Crippen LogP contribution is -2.53. The standard InChI is InChI=1S/C13H13ClFN3O/c14-11-2-1-3-12(15)10(11)6-13(19)18-5-4-17-8-9(18)7-16/h1-3,9,17H,4-6,8H2. The van der Waals surface area contributed by atoms with Gasteiger partial charge in [0.2, 0.25) is 5.91 Å². The monoisotopic (exact) mass is 281 g/mol. The summed E-state index contributed by atoms with van der Waals surface area (Å²) in [7, 11) is 0. The molecule has 19 heavy (non-hydrogen) atoms. The first-order valence-corrected chi connectivity index (χ1v) is 6.34. The second-order valence-corrected chi connectivity index (χ2v) is 4.72. The number of amides is 1. The highest BCUT2D eigenvalue weighted by atomic mass is 35.5. The SMILES string of the molecule is N#CC1CNCCN1C(=O)Cc1c(F)cccc1Cl. The van der Waals surface area contributed by atoms with E-state index in [-0.39, 0.29) is 22.9 Å². The maximum Gasteiger partial charge on any atom is 0.228 e. The van der Waals surface area contributed by atoms with E-state index in [0.29, 0.717) is 19.6 Å². The minimum Gasteiger partial charge on any atom is -0.324 e. The fourth-order valence-electron chi connectivity index (χ4n) is 2.07. The minimum absolute atomic E-state index is 0.121. The molecule has 1 amide bonds. The number of nitrogens with zero attached hydrogens (tertiary/aromatic N) is 2. The number of hydrogen-bond donors (Lipinski definition) is 1. The Morgan fingerprint density at radius 1 is 1.63 bits per heavy atom. The van der Waals surface area contributed by atoms with Crippen molar-refractivity contribution in [2.75, 3.05) is 19.6 Å². The number of benzene rings is 1. The normalized spacial score (nSPS) is 19.0. The Hall–Kier alpha value is -1.64. The topological polar surface area (TPSA) is 56.1 Å². The summed E-state index contributed by atoms with van der Waals surface area (Å²) in [5.41, 5.74) is 0.185. The number of rotatable bonds is 2. The quantitative estimate of drug-likeness (QED) is 0.890. The van der Waals surface area contributed by atoms with Gasteiger partial charge in [-0.05, 0) is 12.1 Å². The van der Waals surface area contributed by atoms with Gasteiger partial charge < -0.3 is 10.2 Å². The zero-order chi connectivity index (χ0) is 13.8. The molecule has 0 spiro atoms. The second kappa shape index (κ2) is 6.00. The zero-order valence-corrected chi connectivity index (χ0v) is 11.0. The number of piperazine rings is 1. The van der Waals surface area contributed by atoms with Crippen molar-refractivity contribution in [2.24, 2.45) is 0 Å². The van der Waals surface area contributed by atoms with Crippen LogP contribution in [0, 0.1) is 17.1 Å². The third-order valence-electron chi connectivity index (χ3n) is 3.10. The molecular formula is C13H13ClFN3O. The number of halogens is 2. The Balaban J connectivity index is 2.14. The average Bonchev–Trinajstić information content (AvgIpc) is 2.42. The lowest BCUT2D eigenvalue weighted by Gasteiger charge is -2.32. The summed E-state index contributed by atoms with van der Waals surface area (Å²) in [6, 6.07) is 5.87. The molecule has 1 aromatic carbocycles. The van der Waals surface area contributed by atoms with Gasteiger partial charge in [-0.1, -0.05) is 17.7 Å². The lowest BCUT2D eigenvalue weighted by molar-refractivity contribution is -0.132. The lowest BCUT2D eigenvalue weighted by atomic mass is 10.1. The number of hydrogen-bond acceptors (Lipinski definition) is 3. The van der Waals surface area contributed by atoms with Gasteiger partial charge in [-0.2, -0.15) is 5.26 Å². The highest BCUT2D eigenvalue weighted by Gasteiger charge is 2.27. The van der Waals surface area contributed by atoms with Gasteiger partial charge in [-0.25, -0.2) is 4.39 Å². The largest absolute Gasteiger partial charge is 0.324 e. The van der Waals surface area contributed by atoms with Gasteiger partial charge >= 0.3 is 0 Å². The van der Waals surface area contributed by atoms with Crippen LogP contribution in [0.15, 0.2) is 18.2 Å². The molecule has 0 radical (unpaired) electrons. The number of carbonyl (C=O) groups excluding carboxylic acids is 1. The molecule has 0 aliphatic carbocycles. The Morgan fingerprint density at radius 3 is 3.11 bits per heavy atom. The van der Waals surface area contributed by atoms with E-state index in [9.17, 15) is 9.18 Å². The summed E-state index contributed by atoms with van der Waals surface area (Å²) < 4.78 is 13.6. The van der Waals surface area contributed by atoms with Crippen molar-refractivity contribution in [3.63, 3.8) is 0 Å². The molecule has 1 N–H and O–H groups in total. The van der Waals surface area contributed by atoms with Crippen LogP contribution in [0.1, 0.15) is 5.56 Å². The number of carbonyl (C=O) groups is 1. The first-order chi connectivity index (χ1) is 9.13. The van der Waals surface area contributed by atoms with Crippen LogP contribution in [-0.2, 0) is 11.2 Å². The van der Waals surface area contributed by atoms with Crippen molar-refractivity contribution < 1.29 is 9.18 Å². The summed E-state index contributed by atoms with van der Waals surface area (Å²) in [4.78, 5) is 13.6. The van der Waals surface area contributed by atoms with Gasteiger partial charge in [-0.3, -0.25) is 4.79 Å². The van der Waals surface area contributed by atoms with Crippen LogP contribution in [0.4, 0.5) is 4.39 Å². The van der Waals surface area contributed by atoms with Gasteiger partial charge in [0.15, 0.2) is 0 Å². The van der Waals surface area contributed by atoms with E-state index in [4.69, 9.17) is 16.9 Å².